The minimum Gasteiger partial charge on any atom is -0.389 e. The minimum atomic E-state index is 0.180. The lowest BCUT2D eigenvalue weighted by atomic mass is 10.2. The molecule has 0 atom stereocenters. The molecule has 2 aromatic rings. The SMILES string of the molecule is N/C(Cl)=C\c1c(N)n(C2CCCC2)c2nc(N)ncc12. The number of fused-ring (bicyclic) bond motifs is 1. The second-order valence-corrected chi connectivity index (χ2v) is 5.54. The molecule has 0 saturated heterocycles. The maximum atomic E-state index is 6.29. The van der Waals surface area contributed by atoms with Crippen LogP contribution in [0.1, 0.15) is 37.3 Å². The Hall–Kier alpha value is -1.95. The lowest BCUT2D eigenvalue weighted by Gasteiger charge is -2.15. The molecule has 1 aliphatic carbocycles. The van der Waals surface area contributed by atoms with Gasteiger partial charge in [-0.1, -0.05) is 24.4 Å². The minimum absolute atomic E-state index is 0.180. The van der Waals surface area contributed by atoms with Gasteiger partial charge in [-0.2, -0.15) is 4.98 Å². The summed E-state index contributed by atoms with van der Waals surface area (Å²) in [4.78, 5) is 8.39. The van der Waals surface area contributed by atoms with Gasteiger partial charge < -0.3 is 21.8 Å². The highest BCUT2D eigenvalue weighted by Gasteiger charge is 2.24. The molecule has 1 saturated carbocycles. The predicted molar refractivity (Wildman–Crippen MR) is 81.9 cm³/mol. The fourth-order valence-corrected chi connectivity index (χ4v) is 3.07. The summed E-state index contributed by atoms with van der Waals surface area (Å²) in [6, 6.07) is 0.352. The van der Waals surface area contributed by atoms with Crippen molar-refractivity contribution in [2.24, 2.45) is 5.73 Å². The molecule has 1 fully saturated rings. The third-order valence-electron chi connectivity index (χ3n) is 3.81. The van der Waals surface area contributed by atoms with Gasteiger partial charge in [-0.3, -0.25) is 0 Å². The van der Waals surface area contributed by atoms with Crippen molar-refractivity contribution in [3.8, 4) is 0 Å². The molecule has 1 aliphatic rings. The monoisotopic (exact) mass is 292 g/mol. The van der Waals surface area contributed by atoms with Crippen LogP contribution in [0.4, 0.5) is 11.8 Å². The van der Waals surface area contributed by atoms with Crippen LogP contribution in [0.25, 0.3) is 17.1 Å². The Morgan fingerprint density at radius 3 is 2.70 bits per heavy atom. The zero-order chi connectivity index (χ0) is 14.3. The average Bonchev–Trinajstić information content (AvgIpc) is 2.97. The molecule has 0 amide bonds. The highest BCUT2D eigenvalue weighted by atomic mass is 35.5. The van der Waals surface area contributed by atoms with Crippen molar-refractivity contribution < 1.29 is 0 Å². The van der Waals surface area contributed by atoms with Crippen LogP contribution >= 0.6 is 11.6 Å². The summed E-state index contributed by atoms with van der Waals surface area (Å²) < 4.78 is 2.05. The summed E-state index contributed by atoms with van der Waals surface area (Å²) in [7, 11) is 0. The average molecular weight is 293 g/mol. The molecule has 2 heterocycles. The van der Waals surface area contributed by atoms with Crippen molar-refractivity contribution in [2.45, 2.75) is 31.7 Å². The molecule has 106 valence electrons. The number of anilines is 2. The molecule has 7 heteroatoms. The highest BCUT2D eigenvalue weighted by Crippen LogP contribution is 2.38. The van der Waals surface area contributed by atoms with E-state index in [2.05, 4.69) is 9.97 Å². The van der Waals surface area contributed by atoms with Gasteiger partial charge >= 0.3 is 0 Å². The van der Waals surface area contributed by atoms with Crippen molar-refractivity contribution in [2.75, 3.05) is 11.5 Å². The van der Waals surface area contributed by atoms with E-state index in [1.54, 1.807) is 12.3 Å². The maximum absolute atomic E-state index is 6.29. The normalized spacial score (nSPS) is 17.1. The largest absolute Gasteiger partial charge is 0.389 e. The predicted octanol–water partition coefficient (Wildman–Crippen LogP) is 2.21. The molecule has 6 N–H and O–H groups in total. The van der Waals surface area contributed by atoms with Gasteiger partial charge in [0.2, 0.25) is 5.95 Å². The van der Waals surface area contributed by atoms with Gasteiger partial charge in [0.1, 0.15) is 11.5 Å². The number of aromatic nitrogens is 3. The third-order valence-corrected chi connectivity index (χ3v) is 3.92. The lowest BCUT2D eigenvalue weighted by Crippen LogP contribution is -2.09. The van der Waals surface area contributed by atoms with Crippen LogP contribution in [0.15, 0.2) is 11.4 Å². The van der Waals surface area contributed by atoms with Gasteiger partial charge in [-0.15, -0.1) is 0 Å². The smallest absolute Gasteiger partial charge is 0.221 e. The van der Waals surface area contributed by atoms with Crippen LogP contribution in [0.3, 0.4) is 0 Å². The molecule has 0 spiro atoms. The maximum Gasteiger partial charge on any atom is 0.221 e. The summed E-state index contributed by atoms with van der Waals surface area (Å²) in [5, 5.41) is 1.01. The Kier molecular flexibility index (Phi) is 3.17. The summed E-state index contributed by atoms with van der Waals surface area (Å²) >= 11 is 5.79. The fourth-order valence-electron chi connectivity index (χ4n) is 2.96. The molecule has 0 unspecified atom stereocenters. The quantitative estimate of drug-likeness (QED) is 0.735. The Labute approximate surface area is 121 Å². The molecular weight excluding hydrogens is 276 g/mol. The van der Waals surface area contributed by atoms with E-state index in [1.807, 2.05) is 4.57 Å². The van der Waals surface area contributed by atoms with Gasteiger partial charge in [0.25, 0.3) is 0 Å². The van der Waals surface area contributed by atoms with E-state index in [1.165, 1.54) is 12.8 Å². The zero-order valence-corrected chi connectivity index (χ0v) is 11.8. The first-order chi connectivity index (χ1) is 9.58. The van der Waals surface area contributed by atoms with Gasteiger partial charge in [0.15, 0.2) is 0 Å². The summed E-state index contributed by atoms with van der Waals surface area (Å²) in [5.74, 6) is 0.860. The van der Waals surface area contributed by atoms with Crippen LogP contribution in [0.2, 0.25) is 0 Å². The molecule has 2 aromatic heterocycles. The van der Waals surface area contributed by atoms with Crippen LogP contribution in [-0.4, -0.2) is 14.5 Å². The standard InChI is InChI=1S/C13H17ClN6/c14-10(15)5-8-9-6-18-13(17)19-12(9)20(11(8)16)7-3-1-2-4-7/h5-7H,1-4,15-16H2,(H2,17,18,19)/b10-5-. The summed E-state index contributed by atoms with van der Waals surface area (Å²) in [6.07, 6.45) is 7.91. The zero-order valence-electron chi connectivity index (χ0n) is 11.0. The first-order valence-electron chi connectivity index (χ1n) is 6.62. The van der Waals surface area contributed by atoms with Crippen molar-refractivity contribution in [1.29, 1.82) is 0 Å². The Bertz CT molecular complexity index is 680. The van der Waals surface area contributed by atoms with E-state index >= 15 is 0 Å². The van der Waals surface area contributed by atoms with E-state index in [9.17, 15) is 0 Å². The van der Waals surface area contributed by atoms with E-state index < -0.39 is 0 Å². The molecule has 0 aliphatic heterocycles. The Morgan fingerprint density at radius 1 is 1.35 bits per heavy atom. The lowest BCUT2D eigenvalue weighted by molar-refractivity contribution is 0.538. The van der Waals surface area contributed by atoms with Crippen molar-refractivity contribution >= 4 is 40.5 Å². The first kappa shape index (κ1) is 13.1. The summed E-state index contributed by atoms with van der Waals surface area (Å²) in [6.45, 7) is 0. The van der Waals surface area contributed by atoms with Crippen molar-refractivity contribution in [1.82, 2.24) is 14.5 Å². The van der Waals surface area contributed by atoms with E-state index in [4.69, 9.17) is 28.8 Å². The van der Waals surface area contributed by atoms with Gasteiger partial charge in [0, 0.05) is 23.2 Å². The van der Waals surface area contributed by atoms with Crippen molar-refractivity contribution in [3.05, 3.63) is 16.9 Å². The van der Waals surface area contributed by atoms with Crippen LogP contribution < -0.4 is 17.2 Å². The molecular formula is C13H17ClN6. The molecule has 3 rings (SSSR count). The molecule has 20 heavy (non-hydrogen) atoms. The number of hydrogen-bond donors (Lipinski definition) is 3. The molecule has 6 nitrogen and oxygen atoms in total. The van der Waals surface area contributed by atoms with Gasteiger partial charge in [0.05, 0.1) is 5.16 Å². The fraction of sp³-hybridized carbons (Fsp3) is 0.385. The molecule has 0 radical (unpaired) electrons. The number of nitrogens with two attached hydrogens (primary N) is 3. The Morgan fingerprint density at radius 2 is 2.05 bits per heavy atom. The van der Waals surface area contributed by atoms with Crippen molar-refractivity contribution in [3.63, 3.8) is 0 Å². The topological polar surface area (TPSA) is 109 Å². The summed E-state index contributed by atoms with van der Waals surface area (Å²) in [5.41, 5.74) is 19.1. The van der Waals surface area contributed by atoms with E-state index in [0.29, 0.717) is 11.9 Å². The number of nitrogen functional groups attached to an aromatic ring is 2. The Balaban J connectivity index is 2.29. The van der Waals surface area contributed by atoms with Crippen LogP contribution in [0, 0.1) is 0 Å². The number of halogens is 1. The number of hydrogen-bond acceptors (Lipinski definition) is 5. The number of rotatable bonds is 2. The van der Waals surface area contributed by atoms with E-state index in [0.717, 1.165) is 29.4 Å². The highest BCUT2D eigenvalue weighted by molar-refractivity contribution is 6.31. The van der Waals surface area contributed by atoms with Gasteiger partial charge in [-0.25, -0.2) is 4.98 Å². The first-order valence-corrected chi connectivity index (χ1v) is 7.00. The van der Waals surface area contributed by atoms with Gasteiger partial charge in [-0.05, 0) is 18.9 Å². The molecule has 0 bridgehead atoms. The molecule has 0 aromatic carbocycles. The third kappa shape index (κ3) is 2.06. The number of nitrogens with zero attached hydrogens (tertiary/aromatic N) is 3. The van der Waals surface area contributed by atoms with E-state index in [-0.39, 0.29) is 11.1 Å². The second-order valence-electron chi connectivity index (χ2n) is 5.10. The second kappa shape index (κ2) is 4.86. The van der Waals surface area contributed by atoms with Crippen LogP contribution in [0.5, 0.6) is 0 Å². The van der Waals surface area contributed by atoms with Crippen LogP contribution in [-0.2, 0) is 0 Å².